The number of ether oxygens (including phenoxy) is 1. The van der Waals surface area contributed by atoms with Gasteiger partial charge < -0.3 is 15.4 Å². The molecule has 2 fully saturated rings. The zero-order chi connectivity index (χ0) is 17.5. The molecule has 0 saturated carbocycles. The molecule has 2 aliphatic rings. The van der Waals surface area contributed by atoms with Gasteiger partial charge in [0.25, 0.3) is 5.91 Å². The predicted molar refractivity (Wildman–Crippen MR) is 87.5 cm³/mol. The smallest absolute Gasteiger partial charge is 0.254 e. The van der Waals surface area contributed by atoms with E-state index in [9.17, 15) is 14.4 Å². The predicted octanol–water partition coefficient (Wildman–Crippen LogP) is 1.16. The minimum atomic E-state index is -1.68. The summed E-state index contributed by atoms with van der Waals surface area (Å²) in [6.07, 6.45) is 1.44. The zero-order valence-electron chi connectivity index (χ0n) is 12.6. The van der Waals surface area contributed by atoms with Crippen LogP contribution in [0.5, 0.6) is 0 Å². The maximum atomic E-state index is 12.6. The van der Waals surface area contributed by atoms with Gasteiger partial charge in [0, 0.05) is 6.54 Å². The van der Waals surface area contributed by atoms with E-state index >= 15 is 0 Å². The molecule has 2 N–H and O–H groups in total. The Kier molecular flexibility index (Phi) is 4.55. The van der Waals surface area contributed by atoms with Gasteiger partial charge in [-0.3, -0.25) is 14.4 Å². The Labute approximate surface area is 148 Å². The number of nitrogens with two attached hydrogens (primary N) is 1. The summed E-state index contributed by atoms with van der Waals surface area (Å²) in [6.45, 7) is 0.0419. The number of carbonyl (C=O) groups excluding carboxylic acids is 3. The highest BCUT2D eigenvalue weighted by Gasteiger charge is 2.64. The summed E-state index contributed by atoms with van der Waals surface area (Å²) in [5, 5.41) is 0.819. The summed E-state index contributed by atoms with van der Waals surface area (Å²) >= 11 is 11.8. The normalized spacial score (nSPS) is 25.8. The molecule has 0 bridgehead atoms. The number of fused-ring (bicyclic) bond motifs is 1. The summed E-state index contributed by atoms with van der Waals surface area (Å²) in [5.41, 5.74) is 4.57. The van der Waals surface area contributed by atoms with Crippen molar-refractivity contribution in [2.24, 2.45) is 5.73 Å². The molecule has 2 heterocycles. The Balaban J connectivity index is 1.76. The quantitative estimate of drug-likeness (QED) is 0.806. The third-order valence-electron chi connectivity index (χ3n) is 4.49. The molecule has 2 amide bonds. The van der Waals surface area contributed by atoms with Crippen molar-refractivity contribution in [3.63, 3.8) is 0 Å². The van der Waals surface area contributed by atoms with Crippen molar-refractivity contribution in [2.45, 2.75) is 24.5 Å². The van der Waals surface area contributed by atoms with Crippen LogP contribution in [0.15, 0.2) is 18.2 Å². The van der Waals surface area contributed by atoms with E-state index in [0.29, 0.717) is 22.9 Å². The van der Waals surface area contributed by atoms with Gasteiger partial charge in [-0.2, -0.15) is 0 Å². The Morgan fingerprint density at radius 2 is 2.12 bits per heavy atom. The molecule has 0 spiro atoms. The molecule has 0 aliphatic carbocycles. The van der Waals surface area contributed by atoms with Gasteiger partial charge >= 0.3 is 0 Å². The Morgan fingerprint density at radius 1 is 1.38 bits per heavy atom. The highest BCUT2D eigenvalue weighted by atomic mass is 35.5. The standard InChI is InChI=1S/C16H15Cl2N2O4/c17-10-3-1-9(7-11(10)18)2-4-14(22)20-6-5-13-16(20,15(19)23)12(21)8-24-13/h1,3-4,7,13H,2,5-6,8H2,(H2,19,23). The number of Topliss-reactive ketones (excluding diaryl/α,β-unsaturated/α-hetero) is 1. The Morgan fingerprint density at radius 3 is 2.79 bits per heavy atom. The van der Waals surface area contributed by atoms with E-state index in [-0.39, 0.29) is 13.2 Å². The van der Waals surface area contributed by atoms with Gasteiger partial charge in [-0.1, -0.05) is 29.3 Å². The second-order valence-electron chi connectivity index (χ2n) is 5.79. The van der Waals surface area contributed by atoms with Gasteiger partial charge in [-0.05, 0) is 30.5 Å². The number of benzene rings is 1. The van der Waals surface area contributed by atoms with Gasteiger partial charge in [0.15, 0.2) is 5.78 Å². The molecule has 24 heavy (non-hydrogen) atoms. The molecule has 2 saturated heterocycles. The molecule has 1 aromatic carbocycles. The van der Waals surface area contributed by atoms with Crippen LogP contribution in [0, 0.1) is 6.42 Å². The Bertz CT molecular complexity index is 724. The lowest BCUT2D eigenvalue weighted by molar-refractivity contribution is -0.148. The molecule has 2 unspecified atom stereocenters. The van der Waals surface area contributed by atoms with Crippen LogP contribution in [0.3, 0.4) is 0 Å². The lowest BCUT2D eigenvalue weighted by Crippen LogP contribution is -2.63. The maximum Gasteiger partial charge on any atom is 0.254 e. The van der Waals surface area contributed by atoms with E-state index < -0.39 is 29.2 Å². The first-order chi connectivity index (χ1) is 11.4. The van der Waals surface area contributed by atoms with E-state index in [1.54, 1.807) is 18.2 Å². The number of nitrogens with zero attached hydrogens (tertiary/aromatic N) is 1. The second-order valence-corrected chi connectivity index (χ2v) is 6.60. The average Bonchev–Trinajstić information content (AvgIpc) is 3.07. The fourth-order valence-corrected chi connectivity index (χ4v) is 3.64. The van der Waals surface area contributed by atoms with Crippen LogP contribution in [0.1, 0.15) is 12.0 Å². The van der Waals surface area contributed by atoms with Crippen molar-refractivity contribution < 1.29 is 19.1 Å². The van der Waals surface area contributed by atoms with Gasteiger partial charge in [-0.25, -0.2) is 0 Å². The minimum Gasteiger partial charge on any atom is -0.367 e. The molecular weight excluding hydrogens is 355 g/mol. The fraction of sp³-hybridized carbons (Fsp3) is 0.375. The van der Waals surface area contributed by atoms with Crippen LogP contribution >= 0.6 is 23.2 Å². The topological polar surface area (TPSA) is 89.7 Å². The molecular formula is C16H15Cl2N2O4. The largest absolute Gasteiger partial charge is 0.367 e. The van der Waals surface area contributed by atoms with E-state index in [1.165, 1.54) is 11.3 Å². The summed E-state index contributed by atoms with van der Waals surface area (Å²) in [4.78, 5) is 38.0. The third-order valence-corrected chi connectivity index (χ3v) is 5.22. The third kappa shape index (κ3) is 2.59. The first kappa shape index (κ1) is 17.2. The van der Waals surface area contributed by atoms with Crippen LogP contribution in [0.2, 0.25) is 10.0 Å². The molecule has 0 aromatic heterocycles. The van der Waals surface area contributed by atoms with Gasteiger partial charge in [0.05, 0.1) is 22.6 Å². The highest BCUT2D eigenvalue weighted by Crippen LogP contribution is 2.38. The molecule has 8 heteroatoms. The van der Waals surface area contributed by atoms with Crippen LogP contribution in [-0.2, 0) is 25.5 Å². The summed E-state index contributed by atoms with van der Waals surface area (Å²) < 4.78 is 5.34. The number of hydrogen-bond donors (Lipinski definition) is 1. The van der Waals surface area contributed by atoms with E-state index in [1.807, 2.05) is 0 Å². The van der Waals surface area contributed by atoms with E-state index in [4.69, 9.17) is 33.7 Å². The highest BCUT2D eigenvalue weighted by molar-refractivity contribution is 6.42. The molecule has 3 rings (SSSR count). The number of hydrogen-bond acceptors (Lipinski definition) is 4. The van der Waals surface area contributed by atoms with Crippen molar-refractivity contribution in [3.05, 3.63) is 40.2 Å². The molecule has 2 atom stereocenters. The number of amides is 2. The van der Waals surface area contributed by atoms with Crippen LogP contribution in [0.25, 0.3) is 0 Å². The van der Waals surface area contributed by atoms with Gasteiger partial charge in [0.1, 0.15) is 6.61 Å². The molecule has 1 radical (unpaired) electrons. The number of ketones is 1. The number of halogens is 2. The zero-order valence-corrected chi connectivity index (χ0v) is 14.1. The van der Waals surface area contributed by atoms with Crippen LogP contribution in [0.4, 0.5) is 0 Å². The maximum absolute atomic E-state index is 12.6. The molecule has 6 nitrogen and oxygen atoms in total. The van der Waals surface area contributed by atoms with Crippen molar-refractivity contribution in [2.75, 3.05) is 13.2 Å². The fourth-order valence-electron chi connectivity index (χ4n) is 3.32. The first-order valence-corrected chi connectivity index (χ1v) is 8.16. The van der Waals surface area contributed by atoms with Crippen molar-refractivity contribution in [1.29, 1.82) is 0 Å². The number of likely N-dealkylation sites (tertiary alicyclic amines) is 1. The molecule has 1 aromatic rings. The SMILES string of the molecule is NC(=O)C12C(=O)COC1CCN2C(=O)[CH]Cc1ccc(Cl)c(Cl)c1. The first-order valence-electron chi connectivity index (χ1n) is 7.41. The number of rotatable bonds is 4. The van der Waals surface area contributed by atoms with Crippen molar-refractivity contribution >= 4 is 40.8 Å². The van der Waals surface area contributed by atoms with E-state index in [2.05, 4.69) is 0 Å². The molecule has 127 valence electrons. The number of primary amides is 1. The van der Waals surface area contributed by atoms with Crippen molar-refractivity contribution in [3.8, 4) is 0 Å². The van der Waals surface area contributed by atoms with Gasteiger partial charge in [0.2, 0.25) is 11.4 Å². The minimum absolute atomic E-state index is 0.204. The monoisotopic (exact) mass is 369 g/mol. The Hall–Kier alpha value is -1.63. The second kappa shape index (κ2) is 6.35. The summed E-state index contributed by atoms with van der Waals surface area (Å²) in [6, 6.07) is 5.05. The average molecular weight is 370 g/mol. The summed E-state index contributed by atoms with van der Waals surface area (Å²) in [5.74, 6) is -1.74. The molecule has 2 aliphatic heterocycles. The lowest BCUT2D eigenvalue weighted by atomic mass is 9.89. The number of carbonyl (C=O) groups is 3. The van der Waals surface area contributed by atoms with Crippen molar-refractivity contribution in [1.82, 2.24) is 4.90 Å². The lowest BCUT2D eigenvalue weighted by Gasteiger charge is -2.32. The van der Waals surface area contributed by atoms with Crippen LogP contribution < -0.4 is 5.73 Å². The van der Waals surface area contributed by atoms with Crippen LogP contribution in [-0.4, -0.2) is 47.3 Å². The van der Waals surface area contributed by atoms with E-state index in [0.717, 1.165) is 5.56 Å². The summed E-state index contributed by atoms with van der Waals surface area (Å²) in [7, 11) is 0. The van der Waals surface area contributed by atoms with Gasteiger partial charge in [-0.15, -0.1) is 0 Å².